The van der Waals surface area contributed by atoms with Gasteiger partial charge in [-0.3, -0.25) is 9.59 Å². The first-order chi connectivity index (χ1) is 13.0. The predicted octanol–water partition coefficient (Wildman–Crippen LogP) is 3.58. The third kappa shape index (κ3) is 5.23. The van der Waals surface area contributed by atoms with Gasteiger partial charge in [-0.25, -0.2) is 0 Å². The van der Waals surface area contributed by atoms with Crippen LogP contribution in [-0.4, -0.2) is 36.4 Å². The summed E-state index contributed by atoms with van der Waals surface area (Å²) in [4.78, 5) is 25.7. The number of likely N-dealkylation sites (tertiary alicyclic amines) is 1. The Morgan fingerprint density at radius 3 is 2.67 bits per heavy atom. The van der Waals surface area contributed by atoms with E-state index >= 15 is 0 Å². The van der Waals surface area contributed by atoms with Gasteiger partial charge < -0.3 is 15.0 Å². The molecule has 27 heavy (non-hydrogen) atoms. The van der Waals surface area contributed by atoms with Gasteiger partial charge in [-0.2, -0.15) is 0 Å². The molecule has 0 radical (unpaired) electrons. The van der Waals surface area contributed by atoms with Gasteiger partial charge in [-0.05, 0) is 48.7 Å². The molecule has 1 aliphatic heterocycles. The van der Waals surface area contributed by atoms with Crippen molar-refractivity contribution in [3.05, 3.63) is 64.2 Å². The van der Waals surface area contributed by atoms with Crippen molar-refractivity contribution in [2.75, 3.05) is 19.7 Å². The Labute approximate surface area is 164 Å². The third-order valence-electron chi connectivity index (χ3n) is 4.56. The molecule has 0 unspecified atom stereocenters. The van der Waals surface area contributed by atoms with E-state index in [9.17, 15) is 9.59 Å². The largest absolute Gasteiger partial charge is 0.492 e. The monoisotopic (exact) mass is 386 g/mol. The fourth-order valence-corrected chi connectivity index (χ4v) is 3.12. The molecule has 6 heteroatoms. The van der Waals surface area contributed by atoms with E-state index in [4.69, 9.17) is 16.3 Å². The molecule has 0 aromatic heterocycles. The number of hydrogen-bond donors (Lipinski definition) is 1. The van der Waals surface area contributed by atoms with Gasteiger partial charge in [0.1, 0.15) is 12.4 Å². The number of carbonyl (C=O) groups is 2. The van der Waals surface area contributed by atoms with E-state index < -0.39 is 0 Å². The highest BCUT2D eigenvalue weighted by atomic mass is 35.5. The molecular formula is C21H23ClN2O3. The first-order valence-corrected chi connectivity index (χ1v) is 9.44. The minimum Gasteiger partial charge on any atom is -0.492 e. The number of hydrogen-bond acceptors (Lipinski definition) is 3. The number of rotatable bonds is 7. The molecule has 0 saturated carbocycles. The molecule has 1 aliphatic rings. The zero-order valence-electron chi connectivity index (χ0n) is 15.3. The molecule has 3 rings (SSSR count). The van der Waals surface area contributed by atoms with Crippen molar-refractivity contribution in [3.63, 3.8) is 0 Å². The molecule has 1 saturated heterocycles. The van der Waals surface area contributed by atoms with Crippen LogP contribution in [0.1, 0.15) is 34.3 Å². The van der Waals surface area contributed by atoms with Crippen LogP contribution in [0.15, 0.2) is 42.5 Å². The highest BCUT2D eigenvalue weighted by molar-refractivity contribution is 6.31. The molecule has 5 nitrogen and oxygen atoms in total. The predicted molar refractivity (Wildman–Crippen MR) is 105 cm³/mol. The molecule has 2 amide bonds. The zero-order valence-corrected chi connectivity index (χ0v) is 16.1. The summed E-state index contributed by atoms with van der Waals surface area (Å²) in [7, 11) is 0. The van der Waals surface area contributed by atoms with Crippen molar-refractivity contribution in [1.82, 2.24) is 10.2 Å². The van der Waals surface area contributed by atoms with Gasteiger partial charge in [-0.15, -0.1) is 0 Å². The van der Waals surface area contributed by atoms with Crippen LogP contribution < -0.4 is 10.1 Å². The van der Waals surface area contributed by atoms with E-state index in [2.05, 4.69) is 5.32 Å². The normalized spacial score (nSPS) is 13.7. The Morgan fingerprint density at radius 2 is 2.00 bits per heavy atom. The van der Waals surface area contributed by atoms with Gasteiger partial charge in [0.2, 0.25) is 5.91 Å². The fraction of sp³-hybridized carbons (Fsp3) is 0.333. The maximum Gasteiger partial charge on any atom is 0.251 e. The summed E-state index contributed by atoms with van der Waals surface area (Å²) in [6, 6.07) is 12.9. The smallest absolute Gasteiger partial charge is 0.251 e. The Balaban J connectivity index is 1.43. The van der Waals surface area contributed by atoms with Crippen LogP contribution >= 0.6 is 11.6 Å². The van der Waals surface area contributed by atoms with Crippen molar-refractivity contribution in [2.24, 2.45) is 0 Å². The minimum atomic E-state index is -0.149. The fourth-order valence-electron chi connectivity index (χ4n) is 2.95. The number of ether oxygens (including phenoxy) is 1. The average molecular weight is 387 g/mol. The number of amides is 2. The Bertz CT molecular complexity index is 821. The van der Waals surface area contributed by atoms with Crippen LogP contribution in [0.5, 0.6) is 5.75 Å². The molecule has 142 valence electrons. The Morgan fingerprint density at radius 1 is 1.22 bits per heavy atom. The van der Waals surface area contributed by atoms with Gasteiger partial charge in [0.25, 0.3) is 5.91 Å². The minimum absolute atomic E-state index is 0.149. The Kier molecular flexibility index (Phi) is 6.35. The molecule has 0 atom stereocenters. The topological polar surface area (TPSA) is 58.6 Å². The van der Waals surface area contributed by atoms with E-state index in [0.29, 0.717) is 42.5 Å². The van der Waals surface area contributed by atoms with Gasteiger partial charge in [0.15, 0.2) is 0 Å². The Hall–Kier alpha value is -2.53. The van der Waals surface area contributed by atoms with Gasteiger partial charge >= 0.3 is 0 Å². The lowest BCUT2D eigenvalue weighted by Crippen LogP contribution is -2.28. The van der Waals surface area contributed by atoms with E-state index in [1.807, 2.05) is 36.1 Å². The van der Waals surface area contributed by atoms with Crippen LogP contribution in [0, 0.1) is 6.92 Å². The van der Waals surface area contributed by atoms with E-state index in [-0.39, 0.29) is 11.8 Å². The van der Waals surface area contributed by atoms with Crippen LogP contribution in [0.3, 0.4) is 0 Å². The molecule has 1 heterocycles. The molecule has 1 N–H and O–H groups in total. The second kappa shape index (κ2) is 8.91. The quantitative estimate of drug-likeness (QED) is 0.740. The molecule has 0 bridgehead atoms. The number of benzene rings is 2. The van der Waals surface area contributed by atoms with Crippen LogP contribution in [-0.2, 0) is 11.3 Å². The first kappa shape index (κ1) is 19.2. The summed E-state index contributed by atoms with van der Waals surface area (Å²) in [5, 5.41) is 3.49. The van der Waals surface area contributed by atoms with Crippen molar-refractivity contribution in [2.45, 2.75) is 26.3 Å². The summed E-state index contributed by atoms with van der Waals surface area (Å²) in [5.41, 5.74) is 2.61. The average Bonchev–Trinajstić information content (AvgIpc) is 3.07. The van der Waals surface area contributed by atoms with Crippen molar-refractivity contribution >= 4 is 23.4 Å². The van der Waals surface area contributed by atoms with Gasteiger partial charge in [0, 0.05) is 30.1 Å². The van der Waals surface area contributed by atoms with Crippen LogP contribution in [0.4, 0.5) is 0 Å². The molecule has 0 aliphatic carbocycles. The van der Waals surface area contributed by atoms with Crippen LogP contribution in [0.2, 0.25) is 5.02 Å². The standard InChI is InChI=1S/C21H23ClN2O3/c1-15-4-9-18(13-19(15)22)27-12-10-23-21(26)17-7-5-16(6-8-17)14-24-11-2-3-20(24)25/h4-9,13H,2-3,10-12,14H2,1H3,(H,23,26). The lowest BCUT2D eigenvalue weighted by Gasteiger charge is -2.15. The van der Waals surface area contributed by atoms with Gasteiger partial charge in [0.05, 0.1) is 6.54 Å². The number of carbonyl (C=O) groups excluding carboxylic acids is 2. The van der Waals surface area contributed by atoms with E-state index in [1.165, 1.54) is 0 Å². The second-order valence-electron chi connectivity index (χ2n) is 6.63. The number of nitrogens with one attached hydrogen (secondary N) is 1. The lowest BCUT2D eigenvalue weighted by molar-refractivity contribution is -0.128. The number of aryl methyl sites for hydroxylation is 1. The first-order valence-electron chi connectivity index (χ1n) is 9.07. The maximum absolute atomic E-state index is 12.2. The molecule has 2 aromatic carbocycles. The number of nitrogens with zero attached hydrogens (tertiary/aromatic N) is 1. The summed E-state index contributed by atoms with van der Waals surface area (Å²) in [6.45, 7) is 4.11. The summed E-state index contributed by atoms with van der Waals surface area (Å²) in [6.07, 6.45) is 1.56. The summed E-state index contributed by atoms with van der Waals surface area (Å²) < 4.78 is 5.60. The summed E-state index contributed by atoms with van der Waals surface area (Å²) in [5.74, 6) is 0.733. The molecular weight excluding hydrogens is 364 g/mol. The molecule has 2 aromatic rings. The van der Waals surface area contributed by atoms with E-state index in [0.717, 1.165) is 24.1 Å². The maximum atomic E-state index is 12.2. The zero-order chi connectivity index (χ0) is 19.2. The highest BCUT2D eigenvalue weighted by Crippen LogP contribution is 2.21. The van der Waals surface area contributed by atoms with Crippen molar-refractivity contribution in [1.29, 1.82) is 0 Å². The second-order valence-corrected chi connectivity index (χ2v) is 7.04. The highest BCUT2D eigenvalue weighted by Gasteiger charge is 2.19. The van der Waals surface area contributed by atoms with Gasteiger partial charge in [-0.1, -0.05) is 29.8 Å². The summed E-state index contributed by atoms with van der Waals surface area (Å²) >= 11 is 6.06. The molecule has 1 fully saturated rings. The number of halogens is 1. The molecule has 0 spiro atoms. The van der Waals surface area contributed by atoms with E-state index in [1.54, 1.807) is 18.2 Å². The third-order valence-corrected chi connectivity index (χ3v) is 4.97. The lowest BCUT2D eigenvalue weighted by atomic mass is 10.1. The van der Waals surface area contributed by atoms with Crippen molar-refractivity contribution < 1.29 is 14.3 Å². The SMILES string of the molecule is Cc1ccc(OCCNC(=O)c2ccc(CN3CCCC3=O)cc2)cc1Cl. The van der Waals surface area contributed by atoms with Crippen molar-refractivity contribution in [3.8, 4) is 5.75 Å². The van der Waals surface area contributed by atoms with Crippen LogP contribution in [0.25, 0.3) is 0 Å².